The van der Waals surface area contributed by atoms with Gasteiger partial charge in [0, 0.05) is 57.7 Å². The number of guanidine groups is 1. The number of piperazine rings is 1. The highest BCUT2D eigenvalue weighted by molar-refractivity contribution is 7.89. The normalized spacial score (nSPS) is 15.8. The van der Waals surface area contributed by atoms with Gasteiger partial charge in [-0.05, 0) is 17.7 Å². The number of benzene rings is 1. The molecule has 0 spiro atoms. The van der Waals surface area contributed by atoms with Gasteiger partial charge in [0.15, 0.2) is 5.96 Å². The van der Waals surface area contributed by atoms with Gasteiger partial charge in [0.1, 0.15) is 5.82 Å². The molecule has 3 N–H and O–H groups in total. The van der Waals surface area contributed by atoms with Crippen LogP contribution in [0.4, 0.5) is 5.13 Å². The van der Waals surface area contributed by atoms with Crippen molar-refractivity contribution in [3.8, 4) is 0 Å². The van der Waals surface area contributed by atoms with E-state index in [9.17, 15) is 8.42 Å². The second-order valence-corrected chi connectivity index (χ2v) is 8.71. The standard InChI is InChI=1S/C17H25N7O2S2/c1-3-15-21-17(27-22-15)24-9-7-23(8-10-24)16(19-2)20-12-13-5-4-6-14(11-13)28(18,25)26/h4-6,11H,3,7-10,12H2,1-2H3,(H,19,20)(H2,18,25,26). The lowest BCUT2D eigenvalue weighted by Gasteiger charge is -2.36. The van der Waals surface area contributed by atoms with Crippen LogP contribution in [0.1, 0.15) is 18.3 Å². The largest absolute Gasteiger partial charge is 0.352 e. The molecule has 0 unspecified atom stereocenters. The number of nitrogens with zero attached hydrogens (tertiary/aromatic N) is 5. The first kappa shape index (κ1) is 20.5. The number of aliphatic imine (C=N–C) groups is 1. The number of anilines is 1. The van der Waals surface area contributed by atoms with E-state index in [0.29, 0.717) is 6.54 Å². The first-order valence-corrected chi connectivity index (χ1v) is 11.4. The van der Waals surface area contributed by atoms with E-state index < -0.39 is 10.0 Å². The highest BCUT2D eigenvalue weighted by atomic mass is 32.2. The van der Waals surface area contributed by atoms with Crippen LogP contribution in [0.3, 0.4) is 0 Å². The number of nitrogens with one attached hydrogen (secondary N) is 1. The van der Waals surface area contributed by atoms with Gasteiger partial charge in [0.05, 0.1) is 4.90 Å². The van der Waals surface area contributed by atoms with Crippen molar-refractivity contribution >= 4 is 32.6 Å². The minimum atomic E-state index is -3.71. The van der Waals surface area contributed by atoms with Crippen molar-refractivity contribution in [1.29, 1.82) is 0 Å². The first-order chi connectivity index (χ1) is 13.4. The van der Waals surface area contributed by atoms with Crippen molar-refractivity contribution in [2.24, 2.45) is 10.1 Å². The Kier molecular flexibility index (Phi) is 6.47. The molecule has 1 aromatic heterocycles. The van der Waals surface area contributed by atoms with Crippen LogP contribution in [0, 0.1) is 0 Å². The average Bonchev–Trinajstić information content (AvgIpc) is 3.18. The number of primary sulfonamides is 1. The summed E-state index contributed by atoms with van der Waals surface area (Å²) in [5.41, 5.74) is 0.826. The zero-order valence-corrected chi connectivity index (χ0v) is 17.6. The summed E-state index contributed by atoms with van der Waals surface area (Å²) in [5, 5.41) is 9.47. The van der Waals surface area contributed by atoms with E-state index in [-0.39, 0.29) is 4.90 Å². The van der Waals surface area contributed by atoms with Crippen LogP contribution in [0.15, 0.2) is 34.2 Å². The number of nitrogens with two attached hydrogens (primary N) is 1. The topological polar surface area (TPSA) is 117 Å². The molecule has 1 fully saturated rings. The predicted octanol–water partition coefficient (Wildman–Crippen LogP) is 0.646. The highest BCUT2D eigenvalue weighted by Gasteiger charge is 2.22. The number of rotatable bonds is 5. The summed E-state index contributed by atoms with van der Waals surface area (Å²) in [7, 11) is -1.96. The van der Waals surface area contributed by atoms with Crippen molar-refractivity contribution in [3.05, 3.63) is 35.7 Å². The van der Waals surface area contributed by atoms with E-state index in [0.717, 1.165) is 55.1 Å². The molecule has 1 aliphatic rings. The molecule has 3 rings (SSSR count). The smallest absolute Gasteiger partial charge is 0.238 e. The molecule has 152 valence electrons. The molecule has 0 aliphatic carbocycles. The Labute approximate surface area is 169 Å². The van der Waals surface area contributed by atoms with E-state index in [4.69, 9.17) is 5.14 Å². The van der Waals surface area contributed by atoms with Gasteiger partial charge in [0.2, 0.25) is 15.2 Å². The zero-order valence-electron chi connectivity index (χ0n) is 16.0. The van der Waals surface area contributed by atoms with Crippen molar-refractivity contribution < 1.29 is 8.42 Å². The Morgan fingerprint density at radius 3 is 2.68 bits per heavy atom. The van der Waals surface area contributed by atoms with Gasteiger partial charge >= 0.3 is 0 Å². The van der Waals surface area contributed by atoms with Crippen LogP contribution in [0.25, 0.3) is 0 Å². The fraction of sp³-hybridized carbons (Fsp3) is 0.471. The minimum absolute atomic E-state index is 0.110. The lowest BCUT2D eigenvalue weighted by atomic mass is 10.2. The van der Waals surface area contributed by atoms with Crippen molar-refractivity contribution in [3.63, 3.8) is 0 Å². The van der Waals surface area contributed by atoms with E-state index >= 15 is 0 Å². The maximum Gasteiger partial charge on any atom is 0.238 e. The molecule has 1 aromatic carbocycles. The molecule has 0 atom stereocenters. The molecular formula is C17H25N7O2S2. The highest BCUT2D eigenvalue weighted by Crippen LogP contribution is 2.19. The minimum Gasteiger partial charge on any atom is -0.352 e. The maximum absolute atomic E-state index is 11.5. The van der Waals surface area contributed by atoms with Gasteiger partial charge in [-0.15, -0.1) is 0 Å². The van der Waals surface area contributed by atoms with Crippen molar-refractivity contribution in [2.75, 3.05) is 38.1 Å². The van der Waals surface area contributed by atoms with E-state index in [1.807, 2.05) is 6.07 Å². The van der Waals surface area contributed by atoms with Gasteiger partial charge in [-0.25, -0.2) is 18.5 Å². The van der Waals surface area contributed by atoms with Crippen LogP contribution in [-0.2, 0) is 23.0 Å². The maximum atomic E-state index is 11.5. The Bertz CT molecular complexity index is 934. The molecule has 2 heterocycles. The van der Waals surface area contributed by atoms with Gasteiger partial charge in [0.25, 0.3) is 0 Å². The summed E-state index contributed by atoms with van der Waals surface area (Å²) in [6.07, 6.45) is 0.847. The lowest BCUT2D eigenvalue weighted by Crippen LogP contribution is -2.52. The summed E-state index contributed by atoms with van der Waals surface area (Å²) < 4.78 is 27.4. The molecule has 28 heavy (non-hydrogen) atoms. The molecular weight excluding hydrogens is 398 g/mol. The molecule has 0 amide bonds. The Balaban J connectivity index is 1.57. The van der Waals surface area contributed by atoms with Gasteiger partial charge in [-0.2, -0.15) is 4.37 Å². The number of sulfonamides is 1. The fourth-order valence-electron chi connectivity index (χ4n) is 2.97. The fourth-order valence-corrected chi connectivity index (χ4v) is 4.36. The summed E-state index contributed by atoms with van der Waals surface area (Å²) in [4.78, 5) is 13.5. The van der Waals surface area contributed by atoms with Gasteiger partial charge < -0.3 is 15.1 Å². The third-order valence-electron chi connectivity index (χ3n) is 4.51. The number of hydrogen-bond acceptors (Lipinski definition) is 7. The lowest BCUT2D eigenvalue weighted by molar-refractivity contribution is 0.372. The quantitative estimate of drug-likeness (QED) is 0.535. The summed E-state index contributed by atoms with van der Waals surface area (Å²) in [5.74, 6) is 1.67. The van der Waals surface area contributed by atoms with E-state index in [1.54, 1.807) is 19.2 Å². The molecule has 1 aliphatic heterocycles. The van der Waals surface area contributed by atoms with E-state index in [2.05, 4.69) is 36.4 Å². The predicted molar refractivity (Wildman–Crippen MR) is 111 cm³/mol. The van der Waals surface area contributed by atoms with Gasteiger partial charge in [-0.3, -0.25) is 4.99 Å². The Hall–Kier alpha value is -2.24. The Morgan fingerprint density at radius 2 is 2.07 bits per heavy atom. The number of aromatic nitrogens is 2. The summed E-state index contributed by atoms with van der Waals surface area (Å²) in [6, 6.07) is 6.61. The van der Waals surface area contributed by atoms with Crippen molar-refractivity contribution in [1.82, 2.24) is 19.6 Å². The third kappa shape index (κ3) is 4.97. The van der Waals surface area contributed by atoms with Crippen LogP contribution >= 0.6 is 11.5 Å². The molecule has 0 radical (unpaired) electrons. The second kappa shape index (κ2) is 8.84. The number of aryl methyl sites for hydroxylation is 1. The molecule has 0 saturated carbocycles. The van der Waals surface area contributed by atoms with Crippen LogP contribution < -0.4 is 15.4 Å². The zero-order chi connectivity index (χ0) is 20.1. The second-order valence-electron chi connectivity index (χ2n) is 6.41. The SMILES string of the molecule is CCc1nsc(N2CCN(C(=NC)NCc3cccc(S(N)(=O)=O)c3)CC2)n1. The molecule has 2 aromatic rings. The van der Waals surface area contributed by atoms with E-state index in [1.165, 1.54) is 17.6 Å². The summed E-state index contributed by atoms with van der Waals surface area (Å²) in [6.45, 7) is 5.85. The van der Waals surface area contributed by atoms with Crippen LogP contribution in [-0.4, -0.2) is 61.9 Å². The van der Waals surface area contributed by atoms with Gasteiger partial charge in [-0.1, -0.05) is 19.1 Å². The third-order valence-corrected chi connectivity index (χ3v) is 6.24. The molecule has 9 nitrogen and oxygen atoms in total. The molecule has 11 heteroatoms. The van der Waals surface area contributed by atoms with Crippen LogP contribution in [0.5, 0.6) is 0 Å². The molecule has 0 bridgehead atoms. The monoisotopic (exact) mass is 423 g/mol. The summed E-state index contributed by atoms with van der Waals surface area (Å²) >= 11 is 1.45. The number of hydrogen-bond donors (Lipinski definition) is 2. The first-order valence-electron chi connectivity index (χ1n) is 9.05. The Morgan fingerprint density at radius 1 is 1.32 bits per heavy atom. The van der Waals surface area contributed by atoms with Crippen LogP contribution in [0.2, 0.25) is 0 Å². The molecule has 1 saturated heterocycles. The average molecular weight is 424 g/mol. The van der Waals surface area contributed by atoms with Crippen molar-refractivity contribution in [2.45, 2.75) is 24.8 Å².